The second kappa shape index (κ2) is 6.30. The molecule has 0 spiro atoms. The van der Waals surface area contributed by atoms with Gasteiger partial charge in [-0.1, -0.05) is 36.7 Å². The lowest BCUT2D eigenvalue weighted by atomic mass is 10.2. The summed E-state index contributed by atoms with van der Waals surface area (Å²) in [5.74, 6) is 0. The molecule has 1 N–H and O–H groups in total. The lowest BCUT2D eigenvalue weighted by Crippen LogP contribution is -3.00. The van der Waals surface area contributed by atoms with Crippen LogP contribution in [-0.2, 0) is 6.54 Å². The molecule has 0 saturated carbocycles. The van der Waals surface area contributed by atoms with Gasteiger partial charge in [0, 0.05) is 11.6 Å². The highest BCUT2D eigenvalue weighted by molar-refractivity contribution is 6.31. The zero-order chi connectivity index (χ0) is 8.10. The van der Waals surface area contributed by atoms with Crippen molar-refractivity contribution in [2.75, 3.05) is 6.54 Å². The van der Waals surface area contributed by atoms with E-state index in [4.69, 9.17) is 11.6 Å². The van der Waals surface area contributed by atoms with Crippen molar-refractivity contribution < 1.29 is 12.4 Å². The molecule has 0 bridgehead atoms. The standard InChI is InChI=1S/C9H12ClN.ClH/c1-2-11-7-8-5-3-4-6-9(8)10;/h3-6,11H,2,7H2,1H3;1H/p-1. The summed E-state index contributed by atoms with van der Waals surface area (Å²) >= 11 is 5.92. The fraction of sp³-hybridized carbons (Fsp3) is 0.333. The monoisotopic (exact) mass is 204 g/mol. The van der Waals surface area contributed by atoms with E-state index in [9.17, 15) is 0 Å². The molecule has 1 aromatic rings. The minimum atomic E-state index is 0. The molecule has 0 radical (unpaired) electrons. The Morgan fingerprint density at radius 3 is 2.58 bits per heavy atom. The highest BCUT2D eigenvalue weighted by Gasteiger charge is 1.95. The van der Waals surface area contributed by atoms with E-state index in [-0.39, 0.29) is 12.4 Å². The van der Waals surface area contributed by atoms with Gasteiger partial charge in [-0.15, -0.1) is 0 Å². The third-order valence-corrected chi connectivity index (χ3v) is 1.89. The normalized spacial score (nSPS) is 9.17. The first kappa shape index (κ1) is 11.8. The fourth-order valence-electron chi connectivity index (χ4n) is 0.901. The van der Waals surface area contributed by atoms with Crippen LogP contribution in [0.1, 0.15) is 12.5 Å². The van der Waals surface area contributed by atoms with Gasteiger partial charge in [-0.2, -0.15) is 0 Å². The van der Waals surface area contributed by atoms with Crippen LogP contribution in [0, 0.1) is 0 Å². The van der Waals surface area contributed by atoms with Gasteiger partial charge >= 0.3 is 0 Å². The molecular formula is C9H12Cl2N-. The van der Waals surface area contributed by atoms with Gasteiger partial charge in [0.25, 0.3) is 0 Å². The van der Waals surface area contributed by atoms with Crippen LogP contribution >= 0.6 is 11.6 Å². The molecule has 0 amide bonds. The Balaban J connectivity index is 0.00000121. The molecule has 0 fully saturated rings. The lowest BCUT2D eigenvalue weighted by molar-refractivity contribution is -0.00000226. The first-order valence-corrected chi connectivity index (χ1v) is 4.16. The lowest BCUT2D eigenvalue weighted by Gasteiger charge is -2.02. The van der Waals surface area contributed by atoms with Crippen molar-refractivity contribution in [3.8, 4) is 0 Å². The molecule has 0 aliphatic carbocycles. The minimum absolute atomic E-state index is 0. The Hall–Kier alpha value is -0.240. The van der Waals surface area contributed by atoms with Crippen LogP contribution in [0.5, 0.6) is 0 Å². The van der Waals surface area contributed by atoms with Gasteiger partial charge in [0.15, 0.2) is 0 Å². The predicted molar refractivity (Wildman–Crippen MR) is 48.8 cm³/mol. The topological polar surface area (TPSA) is 12.0 Å². The molecule has 0 atom stereocenters. The predicted octanol–water partition coefficient (Wildman–Crippen LogP) is -0.546. The minimum Gasteiger partial charge on any atom is -1.00 e. The fourth-order valence-corrected chi connectivity index (χ4v) is 1.10. The van der Waals surface area contributed by atoms with Gasteiger partial charge < -0.3 is 17.7 Å². The summed E-state index contributed by atoms with van der Waals surface area (Å²) in [5, 5.41) is 4.06. The van der Waals surface area contributed by atoms with E-state index in [1.807, 2.05) is 24.3 Å². The molecule has 12 heavy (non-hydrogen) atoms. The van der Waals surface area contributed by atoms with Gasteiger partial charge in [-0.3, -0.25) is 0 Å². The maximum Gasteiger partial charge on any atom is 0.0450 e. The second-order valence-electron chi connectivity index (χ2n) is 2.37. The molecule has 3 heteroatoms. The van der Waals surface area contributed by atoms with Crippen LogP contribution in [0.2, 0.25) is 5.02 Å². The molecule has 0 saturated heterocycles. The van der Waals surface area contributed by atoms with E-state index in [1.165, 1.54) is 0 Å². The third kappa shape index (κ3) is 3.44. The van der Waals surface area contributed by atoms with E-state index < -0.39 is 0 Å². The van der Waals surface area contributed by atoms with E-state index in [0.717, 1.165) is 23.7 Å². The van der Waals surface area contributed by atoms with E-state index in [0.29, 0.717) is 0 Å². The van der Waals surface area contributed by atoms with Crippen LogP contribution in [-0.4, -0.2) is 6.54 Å². The smallest absolute Gasteiger partial charge is 0.0450 e. The van der Waals surface area contributed by atoms with Gasteiger partial charge in [0.05, 0.1) is 0 Å². The van der Waals surface area contributed by atoms with Crippen LogP contribution in [0.4, 0.5) is 0 Å². The number of rotatable bonds is 3. The first-order chi connectivity index (χ1) is 5.34. The summed E-state index contributed by atoms with van der Waals surface area (Å²) < 4.78 is 0. The summed E-state index contributed by atoms with van der Waals surface area (Å²) in [4.78, 5) is 0. The van der Waals surface area contributed by atoms with Gasteiger partial charge in [0.1, 0.15) is 0 Å². The maximum absolute atomic E-state index is 5.92. The Morgan fingerprint density at radius 2 is 2.00 bits per heavy atom. The van der Waals surface area contributed by atoms with Crippen LogP contribution < -0.4 is 17.7 Å². The van der Waals surface area contributed by atoms with Gasteiger partial charge in [-0.05, 0) is 18.2 Å². The Bertz CT molecular complexity index is 226. The molecule has 1 aromatic carbocycles. The van der Waals surface area contributed by atoms with Crippen molar-refractivity contribution >= 4 is 11.6 Å². The van der Waals surface area contributed by atoms with Gasteiger partial charge in [0.2, 0.25) is 0 Å². The summed E-state index contributed by atoms with van der Waals surface area (Å²) in [7, 11) is 0. The average molecular weight is 205 g/mol. The molecule has 1 nitrogen and oxygen atoms in total. The Kier molecular flexibility index (Phi) is 6.17. The number of hydrogen-bond donors (Lipinski definition) is 1. The van der Waals surface area contributed by atoms with Crippen molar-refractivity contribution in [3.05, 3.63) is 34.9 Å². The Morgan fingerprint density at radius 1 is 1.33 bits per heavy atom. The zero-order valence-corrected chi connectivity index (χ0v) is 8.49. The van der Waals surface area contributed by atoms with E-state index in [2.05, 4.69) is 12.2 Å². The molecule has 0 heterocycles. The number of nitrogens with one attached hydrogen (secondary N) is 1. The molecule has 0 unspecified atom stereocenters. The number of hydrogen-bond acceptors (Lipinski definition) is 1. The van der Waals surface area contributed by atoms with E-state index >= 15 is 0 Å². The van der Waals surface area contributed by atoms with Crippen LogP contribution in [0.3, 0.4) is 0 Å². The van der Waals surface area contributed by atoms with Gasteiger partial charge in [-0.25, -0.2) is 0 Å². The van der Waals surface area contributed by atoms with Crippen molar-refractivity contribution in [3.63, 3.8) is 0 Å². The van der Waals surface area contributed by atoms with Crippen molar-refractivity contribution in [1.29, 1.82) is 0 Å². The highest BCUT2D eigenvalue weighted by atomic mass is 35.5. The molecule has 0 aromatic heterocycles. The van der Waals surface area contributed by atoms with Crippen molar-refractivity contribution in [2.45, 2.75) is 13.5 Å². The SMILES string of the molecule is CCNCc1ccccc1Cl.[Cl-]. The summed E-state index contributed by atoms with van der Waals surface area (Å²) in [5.41, 5.74) is 1.16. The third-order valence-electron chi connectivity index (χ3n) is 1.52. The zero-order valence-electron chi connectivity index (χ0n) is 6.98. The molecule has 68 valence electrons. The highest BCUT2D eigenvalue weighted by Crippen LogP contribution is 2.13. The quantitative estimate of drug-likeness (QED) is 0.698. The number of benzene rings is 1. The van der Waals surface area contributed by atoms with Crippen LogP contribution in [0.25, 0.3) is 0 Å². The molecule has 0 aliphatic heterocycles. The average Bonchev–Trinajstić information content (AvgIpc) is 2.03. The largest absolute Gasteiger partial charge is 1.00 e. The van der Waals surface area contributed by atoms with Crippen LogP contribution in [0.15, 0.2) is 24.3 Å². The molecular weight excluding hydrogens is 193 g/mol. The molecule has 1 rings (SSSR count). The second-order valence-corrected chi connectivity index (χ2v) is 2.78. The van der Waals surface area contributed by atoms with Crippen molar-refractivity contribution in [2.24, 2.45) is 0 Å². The van der Waals surface area contributed by atoms with Crippen molar-refractivity contribution in [1.82, 2.24) is 5.32 Å². The maximum atomic E-state index is 5.92. The molecule has 0 aliphatic rings. The summed E-state index contributed by atoms with van der Waals surface area (Å²) in [6, 6.07) is 7.88. The Labute approximate surface area is 84.5 Å². The number of halogens is 2. The summed E-state index contributed by atoms with van der Waals surface area (Å²) in [6.45, 7) is 3.91. The summed E-state index contributed by atoms with van der Waals surface area (Å²) in [6.07, 6.45) is 0. The van der Waals surface area contributed by atoms with E-state index in [1.54, 1.807) is 0 Å². The first-order valence-electron chi connectivity index (χ1n) is 3.78.